The number of aryl methyl sites for hydroxylation is 1. The summed E-state index contributed by atoms with van der Waals surface area (Å²) in [6.07, 6.45) is 0. The summed E-state index contributed by atoms with van der Waals surface area (Å²) in [6.45, 7) is 8.66. The number of anilines is 1. The number of nitrogens with two attached hydrogens (primary N) is 1. The van der Waals surface area contributed by atoms with E-state index in [0.29, 0.717) is 11.3 Å². The molecule has 6 nitrogen and oxygen atoms in total. The maximum Gasteiger partial charge on any atom is 0.241 e. The molecule has 118 valence electrons. The fourth-order valence-corrected chi connectivity index (χ4v) is 3.17. The van der Waals surface area contributed by atoms with Crippen molar-refractivity contribution in [3.63, 3.8) is 0 Å². The molecule has 1 rings (SSSR count). The summed E-state index contributed by atoms with van der Waals surface area (Å²) >= 11 is 0. The quantitative estimate of drug-likeness (QED) is 0.724. The first kappa shape index (κ1) is 17.5. The Hall–Kier alpha value is -1.60. The van der Waals surface area contributed by atoms with Crippen molar-refractivity contribution in [2.24, 2.45) is 0 Å². The van der Waals surface area contributed by atoms with E-state index >= 15 is 0 Å². The summed E-state index contributed by atoms with van der Waals surface area (Å²) in [6, 6.07) is 3.10. The number of carbonyl (C=O) groups excluding carboxylic acids is 1. The van der Waals surface area contributed by atoms with Gasteiger partial charge in [-0.1, -0.05) is 0 Å². The average molecular weight is 313 g/mol. The Morgan fingerprint density at radius 2 is 1.81 bits per heavy atom. The van der Waals surface area contributed by atoms with Gasteiger partial charge in [0.25, 0.3) is 0 Å². The molecule has 0 radical (unpaired) electrons. The number of rotatable bonds is 4. The summed E-state index contributed by atoms with van der Waals surface area (Å²) < 4.78 is 26.9. The Morgan fingerprint density at radius 3 is 2.33 bits per heavy atom. The van der Waals surface area contributed by atoms with Gasteiger partial charge < -0.3 is 11.1 Å². The minimum absolute atomic E-state index is 0.101. The molecule has 0 aromatic heterocycles. The first-order valence-corrected chi connectivity index (χ1v) is 8.08. The Labute approximate surface area is 126 Å². The molecule has 21 heavy (non-hydrogen) atoms. The summed E-state index contributed by atoms with van der Waals surface area (Å²) in [5.41, 5.74) is 7.06. The lowest BCUT2D eigenvalue weighted by atomic mass is 10.1. The second-order valence-electron chi connectivity index (χ2n) is 6.08. The minimum atomic E-state index is -3.78. The SMILES string of the molecule is Cc1cc(N)cc(S(=O)(=O)NCC(=O)NC(C)(C)C)c1C. The largest absolute Gasteiger partial charge is 0.399 e. The molecule has 0 saturated carbocycles. The maximum absolute atomic E-state index is 12.3. The number of amides is 1. The topological polar surface area (TPSA) is 101 Å². The van der Waals surface area contributed by atoms with Gasteiger partial charge in [0.15, 0.2) is 0 Å². The van der Waals surface area contributed by atoms with Crippen LogP contribution in [0.5, 0.6) is 0 Å². The third-order valence-corrected chi connectivity index (χ3v) is 4.40. The molecule has 7 heteroatoms. The molecule has 0 bridgehead atoms. The van der Waals surface area contributed by atoms with Gasteiger partial charge in [0.1, 0.15) is 0 Å². The van der Waals surface area contributed by atoms with Crippen LogP contribution in [0.2, 0.25) is 0 Å². The Kier molecular flexibility index (Phi) is 5.01. The maximum atomic E-state index is 12.3. The van der Waals surface area contributed by atoms with Crippen LogP contribution in [0.1, 0.15) is 31.9 Å². The highest BCUT2D eigenvalue weighted by Crippen LogP contribution is 2.22. The number of benzene rings is 1. The molecule has 1 amide bonds. The number of hydrogen-bond acceptors (Lipinski definition) is 4. The van der Waals surface area contributed by atoms with Gasteiger partial charge in [-0.2, -0.15) is 0 Å². The van der Waals surface area contributed by atoms with E-state index in [1.54, 1.807) is 19.9 Å². The lowest BCUT2D eigenvalue weighted by Gasteiger charge is -2.20. The standard InChI is InChI=1S/C14H23N3O3S/c1-9-6-11(15)7-12(10(9)2)21(19,20)16-8-13(18)17-14(3,4)5/h6-7,16H,8,15H2,1-5H3,(H,17,18). The van der Waals surface area contributed by atoms with Crippen LogP contribution in [0, 0.1) is 13.8 Å². The van der Waals surface area contributed by atoms with Crippen LogP contribution in [0.4, 0.5) is 5.69 Å². The van der Waals surface area contributed by atoms with Gasteiger partial charge in [-0.25, -0.2) is 13.1 Å². The van der Waals surface area contributed by atoms with Gasteiger partial charge in [-0.05, 0) is 57.9 Å². The zero-order valence-corrected chi connectivity index (χ0v) is 13.9. The third kappa shape index (κ3) is 5.02. The Balaban J connectivity index is 2.91. The molecular formula is C14H23N3O3S. The highest BCUT2D eigenvalue weighted by atomic mass is 32.2. The van der Waals surface area contributed by atoms with Crippen molar-refractivity contribution in [1.82, 2.24) is 10.0 Å². The van der Waals surface area contributed by atoms with Gasteiger partial charge in [0.2, 0.25) is 15.9 Å². The van der Waals surface area contributed by atoms with E-state index in [1.807, 2.05) is 20.8 Å². The van der Waals surface area contributed by atoms with Gasteiger partial charge in [-0.3, -0.25) is 4.79 Å². The summed E-state index contributed by atoms with van der Waals surface area (Å²) in [5.74, 6) is -0.385. The van der Waals surface area contributed by atoms with Crippen molar-refractivity contribution in [2.75, 3.05) is 12.3 Å². The van der Waals surface area contributed by atoms with E-state index < -0.39 is 15.6 Å². The lowest BCUT2D eigenvalue weighted by Crippen LogP contribution is -2.45. The molecule has 0 fully saturated rings. The van der Waals surface area contributed by atoms with Crippen LogP contribution < -0.4 is 15.8 Å². The fraction of sp³-hybridized carbons (Fsp3) is 0.500. The number of nitrogen functional groups attached to an aromatic ring is 1. The summed E-state index contributed by atoms with van der Waals surface area (Å²) in [7, 11) is -3.78. The van der Waals surface area contributed by atoms with E-state index in [4.69, 9.17) is 5.73 Å². The zero-order chi connectivity index (χ0) is 16.4. The monoisotopic (exact) mass is 313 g/mol. The number of carbonyl (C=O) groups is 1. The van der Waals surface area contributed by atoms with E-state index in [2.05, 4.69) is 10.0 Å². The van der Waals surface area contributed by atoms with E-state index in [1.165, 1.54) is 6.07 Å². The third-order valence-electron chi connectivity index (χ3n) is 2.87. The number of sulfonamides is 1. The molecule has 0 atom stereocenters. The predicted molar refractivity (Wildman–Crippen MR) is 83.4 cm³/mol. The molecule has 1 aromatic rings. The first-order chi connectivity index (χ1) is 9.42. The van der Waals surface area contributed by atoms with Crippen LogP contribution >= 0.6 is 0 Å². The van der Waals surface area contributed by atoms with E-state index in [9.17, 15) is 13.2 Å². The highest BCUT2D eigenvalue weighted by Gasteiger charge is 2.21. The van der Waals surface area contributed by atoms with Gasteiger partial charge in [0, 0.05) is 11.2 Å². The van der Waals surface area contributed by atoms with Crippen LogP contribution in [-0.2, 0) is 14.8 Å². The van der Waals surface area contributed by atoms with Crippen molar-refractivity contribution in [3.05, 3.63) is 23.3 Å². The van der Waals surface area contributed by atoms with Crippen LogP contribution in [0.15, 0.2) is 17.0 Å². The second kappa shape index (κ2) is 6.03. The molecule has 4 N–H and O–H groups in total. The van der Waals surface area contributed by atoms with Crippen molar-refractivity contribution >= 4 is 21.6 Å². The van der Waals surface area contributed by atoms with Gasteiger partial charge in [-0.15, -0.1) is 0 Å². The average Bonchev–Trinajstić information content (AvgIpc) is 2.29. The molecule has 0 aliphatic heterocycles. The molecule has 0 spiro atoms. The predicted octanol–water partition coefficient (Wildman–Crippen LogP) is 1.08. The first-order valence-electron chi connectivity index (χ1n) is 6.60. The molecule has 0 heterocycles. The fourth-order valence-electron chi connectivity index (χ4n) is 1.83. The minimum Gasteiger partial charge on any atom is -0.399 e. The smallest absolute Gasteiger partial charge is 0.241 e. The van der Waals surface area contributed by atoms with Gasteiger partial charge in [0.05, 0.1) is 11.4 Å². The highest BCUT2D eigenvalue weighted by molar-refractivity contribution is 7.89. The lowest BCUT2D eigenvalue weighted by molar-refractivity contribution is -0.121. The molecular weight excluding hydrogens is 290 g/mol. The van der Waals surface area contributed by atoms with Crippen molar-refractivity contribution < 1.29 is 13.2 Å². The van der Waals surface area contributed by atoms with Crippen molar-refractivity contribution in [2.45, 2.75) is 45.1 Å². The second-order valence-corrected chi connectivity index (χ2v) is 7.82. The van der Waals surface area contributed by atoms with E-state index in [0.717, 1.165) is 5.56 Å². The van der Waals surface area contributed by atoms with Crippen LogP contribution in [0.3, 0.4) is 0 Å². The summed E-state index contributed by atoms with van der Waals surface area (Å²) in [5, 5.41) is 2.69. The number of hydrogen-bond donors (Lipinski definition) is 3. The van der Waals surface area contributed by atoms with E-state index in [-0.39, 0.29) is 17.3 Å². The van der Waals surface area contributed by atoms with Crippen molar-refractivity contribution in [3.8, 4) is 0 Å². The van der Waals surface area contributed by atoms with Crippen LogP contribution in [0.25, 0.3) is 0 Å². The number of nitrogens with one attached hydrogen (secondary N) is 2. The molecule has 0 unspecified atom stereocenters. The Bertz CT molecular complexity index is 646. The zero-order valence-electron chi connectivity index (χ0n) is 13.1. The molecule has 0 aliphatic carbocycles. The van der Waals surface area contributed by atoms with Crippen LogP contribution in [-0.4, -0.2) is 26.4 Å². The van der Waals surface area contributed by atoms with Crippen molar-refractivity contribution in [1.29, 1.82) is 0 Å². The Morgan fingerprint density at radius 1 is 1.24 bits per heavy atom. The normalized spacial score (nSPS) is 12.2. The molecule has 1 aromatic carbocycles. The molecule has 0 aliphatic rings. The van der Waals surface area contributed by atoms with Gasteiger partial charge >= 0.3 is 0 Å². The molecule has 0 saturated heterocycles. The summed E-state index contributed by atoms with van der Waals surface area (Å²) in [4.78, 5) is 11.8.